The van der Waals surface area contributed by atoms with Crippen molar-refractivity contribution in [3.05, 3.63) is 35.4 Å². The molecule has 3 aliphatic rings. The van der Waals surface area contributed by atoms with Gasteiger partial charge in [-0.1, -0.05) is 49.1 Å². The molecule has 2 aliphatic heterocycles. The Morgan fingerprint density at radius 2 is 1.78 bits per heavy atom. The van der Waals surface area contributed by atoms with Gasteiger partial charge in [0.15, 0.2) is 0 Å². The Bertz CT molecular complexity index is 824. The van der Waals surface area contributed by atoms with E-state index in [2.05, 4.69) is 46.8 Å². The predicted molar refractivity (Wildman–Crippen MR) is 123 cm³/mol. The van der Waals surface area contributed by atoms with E-state index < -0.39 is 11.6 Å². The van der Waals surface area contributed by atoms with Crippen LogP contribution in [-0.2, 0) is 16.0 Å². The van der Waals surface area contributed by atoms with Gasteiger partial charge in [0, 0.05) is 13.0 Å². The van der Waals surface area contributed by atoms with Crippen molar-refractivity contribution >= 4 is 17.8 Å². The molecule has 1 aromatic carbocycles. The maximum absolute atomic E-state index is 12.8. The molecule has 2 saturated heterocycles. The van der Waals surface area contributed by atoms with Crippen LogP contribution in [0.3, 0.4) is 0 Å². The Kier molecular flexibility index (Phi) is 7.13. The van der Waals surface area contributed by atoms with E-state index in [1.54, 1.807) is 0 Å². The van der Waals surface area contributed by atoms with E-state index in [4.69, 9.17) is 0 Å². The number of aryl methyl sites for hydroxylation is 2. The normalized spacial score (nSPS) is 21.7. The molecule has 7 heteroatoms. The molecule has 0 atom stereocenters. The Hall–Kier alpha value is -2.41. The summed E-state index contributed by atoms with van der Waals surface area (Å²) in [5.74, 6) is 0.159. The molecule has 1 spiro atoms. The third kappa shape index (κ3) is 5.31. The zero-order chi connectivity index (χ0) is 22.6. The molecule has 2 N–H and O–H groups in total. The van der Waals surface area contributed by atoms with E-state index in [0.717, 1.165) is 62.5 Å². The molecule has 2 heterocycles. The fourth-order valence-electron chi connectivity index (χ4n) is 5.28. The Labute approximate surface area is 190 Å². The van der Waals surface area contributed by atoms with E-state index in [9.17, 15) is 14.4 Å². The number of hydrazine groups is 1. The highest BCUT2D eigenvalue weighted by molar-refractivity contribution is 6.08. The van der Waals surface area contributed by atoms with Gasteiger partial charge in [0.05, 0.1) is 0 Å². The van der Waals surface area contributed by atoms with Gasteiger partial charge in [-0.25, -0.2) is 4.79 Å². The fourth-order valence-corrected chi connectivity index (χ4v) is 5.28. The molecule has 174 valence electrons. The first kappa shape index (κ1) is 22.8. The average Bonchev–Trinajstić information content (AvgIpc) is 3.02. The lowest BCUT2D eigenvalue weighted by atomic mass is 9.82. The minimum Gasteiger partial charge on any atom is -0.322 e. The molecule has 1 saturated carbocycles. The smallest absolute Gasteiger partial charge is 0.322 e. The highest BCUT2D eigenvalue weighted by Gasteiger charge is 2.52. The summed E-state index contributed by atoms with van der Waals surface area (Å²) in [5.41, 5.74) is 4.45. The molecule has 0 radical (unpaired) electrons. The number of hydrogen-bond acceptors (Lipinski definition) is 4. The summed E-state index contributed by atoms with van der Waals surface area (Å²) in [4.78, 5) is 39.8. The van der Waals surface area contributed by atoms with Gasteiger partial charge in [-0.15, -0.1) is 0 Å². The summed E-state index contributed by atoms with van der Waals surface area (Å²) in [7, 11) is 0. The van der Waals surface area contributed by atoms with Crippen LogP contribution >= 0.6 is 0 Å². The number of amides is 4. The van der Waals surface area contributed by atoms with Crippen molar-refractivity contribution < 1.29 is 14.4 Å². The summed E-state index contributed by atoms with van der Waals surface area (Å²) in [6.07, 6.45) is 9.19. The number of benzene rings is 1. The molecule has 32 heavy (non-hydrogen) atoms. The van der Waals surface area contributed by atoms with Gasteiger partial charge in [0.25, 0.3) is 5.91 Å². The maximum atomic E-state index is 12.8. The number of nitrogens with one attached hydrogen (secondary N) is 2. The van der Waals surface area contributed by atoms with Crippen LogP contribution in [0.25, 0.3) is 0 Å². The van der Waals surface area contributed by atoms with Gasteiger partial charge in [0.2, 0.25) is 5.91 Å². The number of nitrogens with zero attached hydrogens (tertiary/aromatic N) is 2. The Morgan fingerprint density at radius 3 is 2.47 bits per heavy atom. The third-order valence-corrected chi connectivity index (χ3v) is 7.43. The lowest BCUT2D eigenvalue weighted by Gasteiger charge is -2.32. The van der Waals surface area contributed by atoms with E-state index in [1.165, 1.54) is 17.5 Å². The van der Waals surface area contributed by atoms with Gasteiger partial charge < -0.3 is 10.2 Å². The topological polar surface area (TPSA) is 81.8 Å². The maximum Gasteiger partial charge on any atom is 0.344 e. The van der Waals surface area contributed by atoms with Crippen LogP contribution in [0.1, 0.15) is 68.9 Å². The number of hydrogen-bond donors (Lipinski definition) is 2. The molecular weight excluding hydrogens is 404 g/mol. The highest BCUT2D eigenvalue weighted by atomic mass is 16.2. The summed E-state index contributed by atoms with van der Waals surface area (Å²) in [5, 5.41) is 3.73. The first-order valence-corrected chi connectivity index (χ1v) is 12.2. The summed E-state index contributed by atoms with van der Waals surface area (Å²) >= 11 is 0. The number of likely N-dealkylation sites (tertiary alicyclic amines) is 1. The van der Waals surface area contributed by atoms with Crippen LogP contribution < -0.4 is 10.7 Å². The average molecular weight is 441 g/mol. The monoisotopic (exact) mass is 440 g/mol. The molecule has 1 aliphatic carbocycles. The van der Waals surface area contributed by atoms with Crippen molar-refractivity contribution in [1.82, 2.24) is 20.7 Å². The number of carbonyl (C=O) groups excluding carboxylic acids is 3. The number of rotatable bonds is 7. The first-order valence-electron chi connectivity index (χ1n) is 12.2. The van der Waals surface area contributed by atoms with Crippen molar-refractivity contribution in [3.63, 3.8) is 0 Å². The molecule has 4 rings (SSSR count). The largest absolute Gasteiger partial charge is 0.344 e. The minimum atomic E-state index is -0.803. The zero-order valence-corrected chi connectivity index (χ0v) is 19.2. The van der Waals surface area contributed by atoms with Gasteiger partial charge in [-0.05, 0) is 70.0 Å². The Morgan fingerprint density at radius 1 is 1.09 bits per heavy atom. The van der Waals surface area contributed by atoms with Crippen LogP contribution in [0.5, 0.6) is 0 Å². The SMILES string of the molecule is Cc1ccc(CCC2CCN(CCC(=O)NN3C(=O)NC4(CCCCC4)C3=O)CC2)cc1. The summed E-state index contributed by atoms with van der Waals surface area (Å²) in [6.45, 7) is 4.77. The van der Waals surface area contributed by atoms with E-state index in [0.29, 0.717) is 19.4 Å². The first-order chi connectivity index (χ1) is 15.4. The second kappa shape index (κ2) is 10.0. The molecule has 7 nitrogen and oxygen atoms in total. The summed E-state index contributed by atoms with van der Waals surface area (Å²) < 4.78 is 0. The second-order valence-corrected chi connectivity index (χ2v) is 9.81. The van der Waals surface area contributed by atoms with Gasteiger partial charge in [-0.3, -0.25) is 15.0 Å². The summed E-state index contributed by atoms with van der Waals surface area (Å²) in [6, 6.07) is 8.31. The van der Waals surface area contributed by atoms with E-state index in [-0.39, 0.29) is 18.2 Å². The van der Waals surface area contributed by atoms with Gasteiger partial charge >= 0.3 is 6.03 Å². The standard InChI is InChI=1S/C25H36N4O3/c1-19-5-7-20(8-6-19)9-10-21-11-16-28(17-12-21)18-13-22(30)27-29-23(31)25(26-24(29)32)14-3-2-4-15-25/h5-8,21H,2-4,9-18H2,1H3,(H,26,32)(H,27,30). The lowest BCUT2D eigenvalue weighted by Crippen LogP contribution is -2.51. The van der Waals surface area contributed by atoms with Crippen LogP contribution in [-0.4, -0.2) is 52.9 Å². The number of carbonyl (C=O) groups is 3. The molecular formula is C25H36N4O3. The van der Waals surface area contributed by atoms with Crippen molar-refractivity contribution in [1.29, 1.82) is 0 Å². The van der Waals surface area contributed by atoms with Crippen LogP contribution in [0.2, 0.25) is 0 Å². The van der Waals surface area contributed by atoms with Crippen molar-refractivity contribution in [2.24, 2.45) is 5.92 Å². The highest BCUT2D eigenvalue weighted by Crippen LogP contribution is 2.33. The predicted octanol–water partition coefficient (Wildman–Crippen LogP) is 3.32. The Balaban J connectivity index is 1.16. The van der Waals surface area contributed by atoms with Crippen molar-refractivity contribution in [2.45, 2.75) is 76.7 Å². The van der Waals surface area contributed by atoms with Gasteiger partial charge in [-0.2, -0.15) is 5.01 Å². The number of urea groups is 1. The molecule has 0 bridgehead atoms. The van der Waals surface area contributed by atoms with Crippen molar-refractivity contribution in [3.8, 4) is 0 Å². The third-order valence-electron chi connectivity index (χ3n) is 7.43. The number of piperidine rings is 1. The van der Waals surface area contributed by atoms with Crippen LogP contribution in [0.15, 0.2) is 24.3 Å². The molecule has 0 unspecified atom stereocenters. The van der Waals surface area contributed by atoms with E-state index in [1.807, 2.05) is 0 Å². The minimum absolute atomic E-state index is 0.275. The van der Waals surface area contributed by atoms with Crippen LogP contribution in [0, 0.1) is 12.8 Å². The van der Waals surface area contributed by atoms with Gasteiger partial charge in [0.1, 0.15) is 5.54 Å². The molecule has 4 amide bonds. The molecule has 1 aromatic rings. The number of imide groups is 1. The molecule has 3 fully saturated rings. The quantitative estimate of drug-likeness (QED) is 0.638. The van der Waals surface area contributed by atoms with Crippen molar-refractivity contribution in [2.75, 3.05) is 19.6 Å². The van der Waals surface area contributed by atoms with Crippen LogP contribution in [0.4, 0.5) is 4.79 Å². The molecule has 0 aromatic heterocycles. The second-order valence-electron chi connectivity index (χ2n) is 9.81. The lowest BCUT2D eigenvalue weighted by molar-refractivity contribution is -0.140. The zero-order valence-electron chi connectivity index (χ0n) is 19.2. The van der Waals surface area contributed by atoms with E-state index >= 15 is 0 Å². The fraction of sp³-hybridized carbons (Fsp3) is 0.640.